The number of nitrogens with zero attached hydrogens (tertiary/aromatic N) is 4. The Hall–Kier alpha value is -1.03. The summed E-state index contributed by atoms with van der Waals surface area (Å²) in [5, 5.41) is 4.57. The summed E-state index contributed by atoms with van der Waals surface area (Å²) in [7, 11) is 0. The Bertz CT molecular complexity index is 592. The van der Waals surface area contributed by atoms with Gasteiger partial charge in [-0.2, -0.15) is 5.10 Å². The normalized spacial score (nSPS) is 18.2. The number of halogens is 1. The van der Waals surface area contributed by atoms with Crippen LogP contribution in [0.5, 0.6) is 0 Å². The second-order valence-corrected chi connectivity index (χ2v) is 5.69. The average molecular weight is 267 g/mol. The van der Waals surface area contributed by atoms with E-state index in [1.165, 1.54) is 19.3 Å². The maximum absolute atomic E-state index is 6.08. The van der Waals surface area contributed by atoms with Crippen LogP contribution < -0.4 is 0 Å². The van der Waals surface area contributed by atoms with Crippen LogP contribution in [0.2, 0.25) is 0 Å². The number of fused-ring (bicyclic) bond motifs is 1. The van der Waals surface area contributed by atoms with Crippen molar-refractivity contribution >= 4 is 22.8 Å². The third-order valence-electron chi connectivity index (χ3n) is 4.17. The number of hydrogen-bond donors (Lipinski definition) is 0. The minimum atomic E-state index is 0.179. The first-order valence-electron chi connectivity index (χ1n) is 6.62. The van der Waals surface area contributed by atoms with E-state index in [1.54, 1.807) is 0 Å². The molecule has 0 N–H and O–H groups in total. The first-order chi connectivity index (χ1) is 8.60. The third-order valence-corrected chi connectivity index (χ3v) is 4.41. The molecule has 0 aromatic carbocycles. The molecule has 5 heteroatoms. The third kappa shape index (κ3) is 1.44. The van der Waals surface area contributed by atoms with Crippen molar-refractivity contribution in [2.75, 3.05) is 0 Å². The highest BCUT2D eigenvalue weighted by Crippen LogP contribution is 2.42. The van der Waals surface area contributed by atoms with Crippen molar-refractivity contribution < 1.29 is 0 Å². The Morgan fingerprint density at radius 2 is 2.11 bits per heavy atom. The Morgan fingerprint density at radius 1 is 1.39 bits per heavy atom. The van der Waals surface area contributed by atoms with Gasteiger partial charge in [0.05, 0.1) is 11.6 Å². The number of imidazole rings is 1. The van der Waals surface area contributed by atoms with Gasteiger partial charge in [-0.25, -0.2) is 9.67 Å². The van der Waals surface area contributed by atoms with E-state index >= 15 is 0 Å². The summed E-state index contributed by atoms with van der Waals surface area (Å²) in [6.07, 6.45) is 3.70. The van der Waals surface area contributed by atoms with Crippen LogP contribution in [0, 0.1) is 6.92 Å². The molecule has 0 radical (unpaired) electrons. The predicted octanol–water partition coefficient (Wildman–Crippen LogP) is 3.20. The molecule has 2 aromatic rings. The second kappa shape index (κ2) is 3.98. The molecular formula is C13H19ClN4. The zero-order valence-corrected chi connectivity index (χ0v) is 12.0. The van der Waals surface area contributed by atoms with Crippen LogP contribution in [0.25, 0.3) is 11.2 Å². The summed E-state index contributed by atoms with van der Waals surface area (Å²) >= 11 is 6.08. The van der Waals surface area contributed by atoms with E-state index in [9.17, 15) is 0 Å². The highest BCUT2D eigenvalue weighted by atomic mass is 35.5. The van der Waals surface area contributed by atoms with Gasteiger partial charge in [-0.3, -0.25) is 0 Å². The monoisotopic (exact) mass is 266 g/mol. The number of aryl methyl sites for hydroxylation is 2. The topological polar surface area (TPSA) is 35.6 Å². The number of rotatable bonds is 3. The van der Waals surface area contributed by atoms with E-state index in [-0.39, 0.29) is 5.54 Å². The molecule has 0 atom stereocenters. The molecule has 1 aliphatic carbocycles. The van der Waals surface area contributed by atoms with E-state index in [4.69, 9.17) is 16.6 Å². The summed E-state index contributed by atoms with van der Waals surface area (Å²) in [5.74, 6) is 1.45. The van der Waals surface area contributed by atoms with Crippen LogP contribution in [0.3, 0.4) is 0 Å². The lowest BCUT2D eigenvalue weighted by Crippen LogP contribution is -2.38. The predicted molar refractivity (Wildman–Crippen MR) is 73.0 cm³/mol. The number of alkyl halides is 1. The lowest BCUT2D eigenvalue weighted by molar-refractivity contribution is 0.168. The van der Waals surface area contributed by atoms with Crippen LogP contribution in [0.4, 0.5) is 0 Å². The van der Waals surface area contributed by atoms with Gasteiger partial charge >= 0.3 is 0 Å². The van der Waals surface area contributed by atoms with Gasteiger partial charge < -0.3 is 4.57 Å². The molecule has 0 bridgehead atoms. The van der Waals surface area contributed by atoms with E-state index in [0.717, 1.165) is 29.2 Å². The molecule has 0 spiro atoms. The fourth-order valence-corrected chi connectivity index (χ4v) is 3.18. The molecule has 1 saturated carbocycles. The van der Waals surface area contributed by atoms with E-state index in [1.807, 2.05) is 6.92 Å². The van der Waals surface area contributed by atoms with Crippen molar-refractivity contribution in [1.29, 1.82) is 0 Å². The Labute approximate surface area is 112 Å². The Kier molecular flexibility index (Phi) is 2.66. The number of hydrogen-bond acceptors (Lipinski definition) is 2. The van der Waals surface area contributed by atoms with Crippen LogP contribution >= 0.6 is 11.6 Å². The molecule has 4 nitrogen and oxygen atoms in total. The molecule has 1 fully saturated rings. The maximum atomic E-state index is 6.08. The second-order valence-electron chi connectivity index (χ2n) is 5.42. The molecule has 0 unspecified atom stereocenters. The summed E-state index contributed by atoms with van der Waals surface area (Å²) in [6, 6.07) is 0. The first kappa shape index (κ1) is 12.0. The van der Waals surface area contributed by atoms with Gasteiger partial charge in [-0.15, -0.1) is 11.6 Å². The minimum absolute atomic E-state index is 0.179. The van der Waals surface area contributed by atoms with Crippen LogP contribution in [-0.2, 0) is 18.0 Å². The molecule has 0 aliphatic heterocycles. The zero-order chi connectivity index (χ0) is 12.9. The van der Waals surface area contributed by atoms with Gasteiger partial charge in [0.1, 0.15) is 11.3 Å². The van der Waals surface area contributed by atoms with Crippen LogP contribution in [0.1, 0.15) is 44.6 Å². The molecule has 98 valence electrons. The number of aromatic nitrogens is 4. The lowest BCUT2D eigenvalue weighted by atomic mass is 9.78. The van der Waals surface area contributed by atoms with Gasteiger partial charge in [0.15, 0.2) is 5.65 Å². The summed E-state index contributed by atoms with van der Waals surface area (Å²) < 4.78 is 4.39. The van der Waals surface area contributed by atoms with Crippen LogP contribution in [-0.4, -0.2) is 19.3 Å². The lowest BCUT2D eigenvalue weighted by Gasteiger charge is -2.41. The van der Waals surface area contributed by atoms with Crippen molar-refractivity contribution in [3.05, 3.63) is 11.5 Å². The molecule has 1 aliphatic rings. The SMILES string of the molecule is CCn1nc(C)c2nc(CCl)n(C3(C)CCC3)c21. The van der Waals surface area contributed by atoms with Crippen molar-refractivity contribution in [3.8, 4) is 0 Å². The molecule has 0 amide bonds. The fraction of sp³-hybridized carbons (Fsp3) is 0.692. The van der Waals surface area contributed by atoms with Crippen molar-refractivity contribution in [1.82, 2.24) is 19.3 Å². The van der Waals surface area contributed by atoms with Crippen molar-refractivity contribution in [2.45, 2.75) is 58.0 Å². The largest absolute Gasteiger partial charge is 0.306 e. The first-order valence-corrected chi connectivity index (χ1v) is 7.15. The van der Waals surface area contributed by atoms with E-state index in [2.05, 4.69) is 28.2 Å². The van der Waals surface area contributed by atoms with Gasteiger partial charge in [-0.1, -0.05) is 0 Å². The summed E-state index contributed by atoms with van der Waals surface area (Å²) in [6.45, 7) is 7.31. The molecule has 3 rings (SSSR count). The maximum Gasteiger partial charge on any atom is 0.159 e. The van der Waals surface area contributed by atoms with Crippen molar-refractivity contribution in [2.24, 2.45) is 0 Å². The highest BCUT2D eigenvalue weighted by molar-refractivity contribution is 6.16. The molecule has 0 saturated heterocycles. The fourth-order valence-electron chi connectivity index (χ4n) is 3.00. The summed E-state index contributed by atoms with van der Waals surface area (Å²) in [4.78, 5) is 4.70. The molecular weight excluding hydrogens is 248 g/mol. The summed E-state index contributed by atoms with van der Waals surface area (Å²) in [5.41, 5.74) is 3.34. The molecule has 18 heavy (non-hydrogen) atoms. The van der Waals surface area contributed by atoms with E-state index < -0.39 is 0 Å². The molecule has 2 heterocycles. The Balaban J connectivity index is 2.32. The van der Waals surface area contributed by atoms with Gasteiger partial charge in [0.2, 0.25) is 0 Å². The minimum Gasteiger partial charge on any atom is -0.306 e. The highest BCUT2D eigenvalue weighted by Gasteiger charge is 2.38. The van der Waals surface area contributed by atoms with Gasteiger partial charge in [-0.05, 0) is 40.0 Å². The van der Waals surface area contributed by atoms with E-state index in [0.29, 0.717) is 5.88 Å². The van der Waals surface area contributed by atoms with Gasteiger partial charge in [0.25, 0.3) is 0 Å². The zero-order valence-electron chi connectivity index (χ0n) is 11.2. The smallest absolute Gasteiger partial charge is 0.159 e. The van der Waals surface area contributed by atoms with Gasteiger partial charge in [0, 0.05) is 12.1 Å². The van der Waals surface area contributed by atoms with Crippen molar-refractivity contribution in [3.63, 3.8) is 0 Å². The van der Waals surface area contributed by atoms with Crippen LogP contribution in [0.15, 0.2) is 0 Å². The molecule has 2 aromatic heterocycles. The standard InChI is InChI=1S/C13H19ClN4/c1-4-17-12-11(9(2)16-17)15-10(8-14)18(12)13(3)6-5-7-13/h4-8H2,1-3H3. The Morgan fingerprint density at radius 3 is 2.61 bits per heavy atom. The average Bonchev–Trinajstić information content (AvgIpc) is 2.84. The quantitative estimate of drug-likeness (QED) is 0.800.